The van der Waals surface area contributed by atoms with Gasteiger partial charge >= 0.3 is 0 Å². The maximum Gasteiger partial charge on any atom is 0.222 e. The molecule has 0 bridgehead atoms. The molecule has 2 fully saturated rings. The minimum atomic E-state index is -3.21. The Labute approximate surface area is 150 Å². The number of hydrogen-bond acceptors (Lipinski definition) is 4. The summed E-state index contributed by atoms with van der Waals surface area (Å²) in [6, 6.07) is 9.95. The van der Waals surface area contributed by atoms with E-state index in [1.165, 1.54) is 0 Å². The first-order valence-electron chi connectivity index (χ1n) is 9.03. The van der Waals surface area contributed by atoms with Crippen molar-refractivity contribution in [1.29, 1.82) is 0 Å². The summed E-state index contributed by atoms with van der Waals surface area (Å²) in [6.45, 7) is 2.40. The van der Waals surface area contributed by atoms with Crippen LogP contribution in [0.3, 0.4) is 0 Å². The number of benzene rings is 1. The van der Waals surface area contributed by atoms with Gasteiger partial charge in [0.25, 0.3) is 0 Å². The third-order valence-electron chi connectivity index (χ3n) is 5.20. The van der Waals surface area contributed by atoms with Crippen LogP contribution < -0.4 is 5.73 Å². The van der Waals surface area contributed by atoms with Gasteiger partial charge in [-0.05, 0) is 24.8 Å². The van der Waals surface area contributed by atoms with E-state index in [0.29, 0.717) is 32.6 Å². The molecule has 3 rings (SSSR count). The summed E-state index contributed by atoms with van der Waals surface area (Å²) in [5.74, 6) is 0.213. The molecule has 2 heterocycles. The van der Waals surface area contributed by atoms with E-state index in [1.807, 2.05) is 30.3 Å². The van der Waals surface area contributed by atoms with Crippen LogP contribution in [0.25, 0.3) is 0 Å². The third-order valence-corrected chi connectivity index (χ3v) is 7.15. The molecule has 25 heavy (non-hydrogen) atoms. The highest BCUT2D eigenvalue weighted by molar-refractivity contribution is 7.89. The number of nitrogens with zero attached hydrogens (tertiary/aromatic N) is 2. The standard InChI is InChI=1S/C18H27N3O3S/c19-17-14-20(13-16(17)15-7-2-1-3-8-15)18(22)9-6-12-25(23,24)21-10-4-5-11-21/h1-3,7-8,16-17H,4-6,9-14,19H2/t16-,17+/m0/s1. The van der Waals surface area contributed by atoms with Gasteiger partial charge in [0.2, 0.25) is 15.9 Å². The fourth-order valence-corrected chi connectivity index (χ4v) is 5.33. The molecule has 0 aliphatic carbocycles. The van der Waals surface area contributed by atoms with Crippen LogP contribution in [0, 0.1) is 0 Å². The molecule has 0 saturated carbocycles. The van der Waals surface area contributed by atoms with Crippen LogP contribution in [-0.2, 0) is 14.8 Å². The number of hydrogen-bond donors (Lipinski definition) is 1. The summed E-state index contributed by atoms with van der Waals surface area (Å²) >= 11 is 0. The Morgan fingerprint density at radius 2 is 1.80 bits per heavy atom. The van der Waals surface area contributed by atoms with Gasteiger partial charge in [-0.3, -0.25) is 4.79 Å². The van der Waals surface area contributed by atoms with E-state index < -0.39 is 10.0 Å². The molecule has 0 spiro atoms. The molecular formula is C18H27N3O3S. The van der Waals surface area contributed by atoms with Crippen molar-refractivity contribution < 1.29 is 13.2 Å². The van der Waals surface area contributed by atoms with Gasteiger partial charge < -0.3 is 10.6 Å². The summed E-state index contributed by atoms with van der Waals surface area (Å²) in [7, 11) is -3.21. The molecule has 2 saturated heterocycles. The molecule has 1 aromatic carbocycles. The molecule has 2 aliphatic heterocycles. The van der Waals surface area contributed by atoms with Gasteiger partial charge in [0.05, 0.1) is 5.75 Å². The van der Waals surface area contributed by atoms with E-state index in [1.54, 1.807) is 9.21 Å². The van der Waals surface area contributed by atoms with Crippen LogP contribution in [0.4, 0.5) is 0 Å². The van der Waals surface area contributed by atoms with Crippen LogP contribution in [0.15, 0.2) is 30.3 Å². The smallest absolute Gasteiger partial charge is 0.222 e. The van der Waals surface area contributed by atoms with Gasteiger partial charge in [0.15, 0.2) is 0 Å². The molecule has 2 N–H and O–H groups in total. The minimum absolute atomic E-state index is 0.00510. The second kappa shape index (κ2) is 7.85. The molecular weight excluding hydrogens is 338 g/mol. The van der Waals surface area contributed by atoms with Crippen LogP contribution in [0.1, 0.15) is 37.2 Å². The van der Waals surface area contributed by atoms with Crippen LogP contribution in [0.5, 0.6) is 0 Å². The topological polar surface area (TPSA) is 83.7 Å². The number of nitrogens with two attached hydrogens (primary N) is 1. The highest BCUT2D eigenvalue weighted by Gasteiger charge is 2.33. The zero-order valence-electron chi connectivity index (χ0n) is 14.5. The van der Waals surface area contributed by atoms with Crippen molar-refractivity contribution in [2.24, 2.45) is 5.73 Å². The molecule has 7 heteroatoms. The van der Waals surface area contributed by atoms with Crippen LogP contribution in [-0.4, -0.2) is 61.5 Å². The average molecular weight is 365 g/mol. The predicted molar refractivity (Wildman–Crippen MR) is 97.6 cm³/mol. The van der Waals surface area contributed by atoms with Crippen molar-refractivity contribution in [2.45, 2.75) is 37.6 Å². The van der Waals surface area contributed by atoms with Crippen LogP contribution >= 0.6 is 0 Å². The Morgan fingerprint density at radius 1 is 1.12 bits per heavy atom. The highest BCUT2D eigenvalue weighted by Crippen LogP contribution is 2.27. The number of sulfonamides is 1. The van der Waals surface area contributed by atoms with Crippen LogP contribution in [0.2, 0.25) is 0 Å². The van der Waals surface area contributed by atoms with E-state index in [2.05, 4.69) is 0 Å². The average Bonchev–Trinajstić information content (AvgIpc) is 3.25. The van der Waals surface area contributed by atoms with Gasteiger partial charge in [-0.25, -0.2) is 12.7 Å². The maximum atomic E-state index is 12.4. The van der Waals surface area contributed by atoms with Crippen molar-refractivity contribution in [3.8, 4) is 0 Å². The summed E-state index contributed by atoms with van der Waals surface area (Å²) < 4.78 is 26.0. The SMILES string of the molecule is N[C@@H]1CN(C(=O)CCCS(=O)(=O)N2CCCC2)C[C@H]1c1ccccc1. The van der Waals surface area contributed by atoms with Gasteiger partial charge in [-0.15, -0.1) is 0 Å². The Hall–Kier alpha value is -1.44. The molecule has 1 amide bonds. The zero-order chi connectivity index (χ0) is 17.9. The zero-order valence-corrected chi connectivity index (χ0v) is 15.3. The molecule has 6 nitrogen and oxygen atoms in total. The molecule has 2 aliphatic rings. The first kappa shape index (κ1) is 18.4. The summed E-state index contributed by atoms with van der Waals surface area (Å²) in [5, 5.41) is 0. The second-order valence-electron chi connectivity index (χ2n) is 7.01. The normalized spacial score (nSPS) is 24.8. The fourth-order valence-electron chi connectivity index (χ4n) is 3.74. The monoisotopic (exact) mass is 365 g/mol. The quantitative estimate of drug-likeness (QED) is 0.819. The van der Waals surface area contributed by atoms with Gasteiger partial charge in [-0.2, -0.15) is 0 Å². The summed E-state index contributed by atoms with van der Waals surface area (Å²) in [5.41, 5.74) is 7.38. The van der Waals surface area contributed by atoms with Gasteiger partial charge in [-0.1, -0.05) is 30.3 Å². The second-order valence-corrected chi connectivity index (χ2v) is 9.09. The first-order chi connectivity index (χ1) is 12.0. The lowest BCUT2D eigenvalue weighted by Gasteiger charge is -2.18. The van der Waals surface area contributed by atoms with Gasteiger partial charge in [0.1, 0.15) is 0 Å². The number of amides is 1. The number of rotatable bonds is 6. The third kappa shape index (κ3) is 4.40. The molecule has 2 atom stereocenters. The molecule has 1 aromatic rings. The fraction of sp³-hybridized carbons (Fsp3) is 0.611. The van der Waals surface area contributed by atoms with Crippen molar-refractivity contribution in [3.05, 3.63) is 35.9 Å². The lowest BCUT2D eigenvalue weighted by Crippen LogP contribution is -2.33. The van der Waals surface area contributed by atoms with E-state index in [-0.39, 0.29) is 30.0 Å². The van der Waals surface area contributed by atoms with E-state index in [0.717, 1.165) is 18.4 Å². The first-order valence-corrected chi connectivity index (χ1v) is 10.6. The maximum absolute atomic E-state index is 12.4. The number of likely N-dealkylation sites (tertiary alicyclic amines) is 1. The molecule has 0 unspecified atom stereocenters. The lowest BCUT2D eigenvalue weighted by atomic mass is 9.95. The van der Waals surface area contributed by atoms with Crippen molar-refractivity contribution >= 4 is 15.9 Å². The van der Waals surface area contributed by atoms with E-state index >= 15 is 0 Å². The molecule has 0 radical (unpaired) electrons. The minimum Gasteiger partial charge on any atom is -0.340 e. The van der Waals surface area contributed by atoms with Gasteiger partial charge in [0, 0.05) is 44.6 Å². The Balaban J connectivity index is 1.49. The largest absolute Gasteiger partial charge is 0.340 e. The summed E-state index contributed by atoms with van der Waals surface area (Å²) in [6.07, 6.45) is 2.51. The predicted octanol–water partition coefficient (Wildman–Crippen LogP) is 1.15. The molecule has 0 aromatic heterocycles. The van der Waals surface area contributed by atoms with E-state index in [4.69, 9.17) is 5.73 Å². The van der Waals surface area contributed by atoms with E-state index in [9.17, 15) is 13.2 Å². The number of carbonyl (C=O) groups excluding carboxylic acids is 1. The highest BCUT2D eigenvalue weighted by atomic mass is 32.2. The Kier molecular flexibility index (Phi) is 5.76. The van der Waals surface area contributed by atoms with Crippen molar-refractivity contribution in [3.63, 3.8) is 0 Å². The lowest BCUT2D eigenvalue weighted by molar-refractivity contribution is -0.130. The Morgan fingerprint density at radius 3 is 2.48 bits per heavy atom. The van der Waals surface area contributed by atoms with Crippen molar-refractivity contribution in [2.75, 3.05) is 31.9 Å². The summed E-state index contributed by atoms with van der Waals surface area (Å²) in [4.78, 5) is 14.2. The number of carbonyl (C=O) groups is 1. The molecule has 138 valence electrons. The van der Waals surface area contributed by atoms with Crippen molar-refractivity contribution in [1.82, 2.24) is 9.21 Å². The Bertz CT molecular complexity index is 687.